The molecule has 0 aliphatic carbocycles. The Balaban J connectivity index is 1.56. The molecular weight excluding hydrogens is 276 g/mol. The lowest BCUT2D eigenvalue weighted by Gasteiger charge is -2.35. The molecule has 1 atom stereocenters. The van der Waals surface area contributed by atoms with Crippen LogP contribution in [0.4, 0.5) is 5.13 Å². The molecule has 6 nitrogen and oxygen atoms in total. The smallest absolute Gasteiger partial charge is 0.228 e. The molecule has 0 unspecified atom stereocenters. The quantitative estimate of drug-likeness (QED) is 0.786. The normalized spacial score (nSPS) is 23.6. The average molecular weight is 294 g/mol. The fourth-order valence-electron chi connectivity index (χ4n) is 2.78. The van der Waals surface area contributed by atoms with E-state index < -0.39 is 0 Å². The Labute approximate surface area is 122 Å². The number of hydrogen-bond acceptors (Lipinski definition) is 5. The van der Waals surface area contributed by atoms with E-state index in [4.69, 9.17) is 0 Å². The van der Waals surface area contributed by atoms with Crippen molar-refractivity contribution < 1.29 is 9.59 Å². The fourth-order valence-corrected chi connectivity index (χ4v) is 3.47. The number of piperazine rings is 1. The second kappa shape index (κ2) is 5.40. The minimum atomic E-state index is -0.154. The number of likely N-dealkylation sites (tertiary alicyclic amines) is 1. The van der Waals surface area contributed by atoms with E-state index in [1.165, 1.54) is 0 Å². The molecule has 0 N–H and O–H groups in total. The molecule has 2 saturated heterocycles. The van der Waals surface area contributed by atoms with Gasteiger partial charge in [0.15, 0.2) is 5.13 Å². The van der Waals surface area contributed by atoms with Gasteiger partial charge in [-0.1, -0.05) is 0 Å². The highest BCUT2D eigenvalue weighted by Gasteiger charge is 2.35. The Kier molecular flexibility index (Phi) is 3.60. The number of anilines is 1. The molecule has 108 valence electrons. The molecule has 2 amide bonds. The summed E-state index contributed by atoms with van der Waals surface area (Å²) in [5.41, 5.74) is 0. The molecule has 1 aromatic heterocycles. The summed E-state index contributed by atoms with van der Waals surface area (Å²) in [4.78, 5) is 34.0. The van der Waals surface area contributed by atoms with E-state index >= 15 is 0 Å². The van der Waals surface area contributed by atoms with Gasteiger partial charge in [-0.2, -0.15) is 0 Å². The topological polar surface area (TPSA) is 56.8 Å². The van der Waals surface area contributed by atoms with Gasteiger partial charge in [0.2, 0.25) is 11.8 Å². The number of carbonyl (C=O) groups excluding carboxylic acids is 2. The van der Waals surface area contributed by atoms with E-state index in [0.717, 1.165) is 18.2 Å². The van der Waals surface area contributed by atoms with Gasteiger partial charge in [-0.05, 0) is 0 Å². The van der Waals surface area contributed by atoms with E-state index in [2.05, 4.69) is 9.88 Å². The van der Waals surface area contributed by atoms with Crippen LogP contribution in [0.5, 0.6) is 0 Å². The lowest BCUT2D eigenvalue weighted by molar-refractivity contribution is -0.136. The zero-order valence-electron chi connectivity index (χ0n) is 11.5. The molecule has 2 aliphatic rings. The Morgan fingerprint density at radius 1 is 1.35 bits per heavy atom. The maximum Gasteiger partial charge on any atom is 0.228 e. The summed E-state index contributed by atoms with van der Waals surface area (Å²) in [5.74, 6) is 0.0465. The molecular formula is C13H18N4O2S. The van der Waals surface area contributed by atoms with Gasteiger partial charge in [0, 0.05) is 57.8 Å². The largest absolute Gasteiger partial charge is 0.345 e. The molecule has 2 fully saturated rings. The standard InChI is InChI=1S/C13H18N4O2S/c1-15-9-10(8-11(15)18)12(19)16-3-5-17(6-4-16)13-14-2-7-20-13/h2,7,10H,3-6,8-9H2,1H3/t10-/m1/s1. The maximum absolute atomic E-state index is 12.4. The minimum Gasteiger partial charge on any atom is -0.345 e. The Bertz CT molecular complexity index is 496. The highest BCUT2D eigenvalue weighted by Crippen LogP contribution is 2.22. The van der Waals surface area contributed by atoms with Crippen LogP contribution in [0.2, 0.25) is 0 Å². The molecule has 0 saturated carbocycles. The molecule has 1 aromatic rings. The third-order valence-electron chi connectivity index (χ3n) is 3.97. The molecule has 2 aliphatic heterocycles. The van der Waals surface area contributed by atoms with Crippen LogP contribution >= 0.6 is 11.3 Å². The van der Waals surface area contributed by atoms with Gasteiger partial charge in [-0.15, -0.1) is 11.3 Å². The van der Waals surface area contributed by atoms with Gasteiger partial charge in [0.1, 0.15) is 0 Å². The first-order valence-electron chi connectivity index (χ1n) is 6.82. The predicted octanol–water partition coefficient (Wildman–Crippen LogP) is 0.270. The van der Waals surface area contributed by atoms with E-state index in [0.29, 0.717) is 26.1 Å². The van der Waals surface area contributed by atoms with Gasteiger partial charge in [-0.25, -0.2) is 4.98 Å². The van der Waals surface area contributed by atoms with Crippen molar-refractivity contribution in [3.05, 3.63) is 11.6 Å². The second-order valence-corrected chi connectivity index (χ2v) is 6.18. The zero-order chi connectivity index (χ0) is 14.1. The molecule has 3 rings (SSSR count). The van der Waals surface area contributed by atoms with Crippen molar-refractivity contribution in [1.82, 2.24) is 14.8 Å². The van der Waals surface area contributed by atoms with Gasteiger partial charge in [0.25, 0.3) is 0 Å². The number of hydrogen-bond donors (Lipinski definition) is 0. The summed E-state index contributed by atoms with van der Waals surface area (Å²) >= 11 is 1.63. The number of carbonyl (C=O) groups is 2. The number of amides is 2. The Morgan fingerprint density at radius 2 is 2.10 bits per heavy atom. The molecule has 0 aromatic carbocycles. The second-order valence-electron chi connectivity index (χ2n) is 5.30. The first kappa shape index (κ1) is 13.4. The summed E-state index contributed by atoms with van der Waals surface area (Å²) in [6, 6.07) is 0. The Morgan fingerprint density at radius 3 is 2.65 bits per heavy atom. The Hall–Kier alpha value is -1.63. The maximum atomic E-state index is 12.4. The lowest BCUT2D eigenvalue weighted by atomic mass is 10.1. The van der Waals surface area contributed by atoms with Crippen molar-refractivity contribution in [3.63, 3.8) is 0 Å². The fraction of sp³-hybridized carbons (Fsp3) is 0.615. The number of aromatic nitrogens is 1. The van der Waals surface area contributed by atoms with Crippen molar-refractivity contribution in [3.8, 4) is 0 Å². The third-order valence-corrected chi connectivity index (χ3v) is 4.80. The van der Waals surface area contributed by atoms with Crippen LogP contribution in [-0.2, 0) is 9.59 Å². The van der Waals surface area contributed by atoms with E-state index in [1.54, 1.807) is 29.5 Å². The summed E-state index contributed by atoms with van der Waals surface area (Å²) in [6.07, 6.45) is 2.17. The van der Waals surface area contributed by atoms with Crippen LogP contribution in [0.3, 0.4) is 0 Å². The van der Waals surface area contributed by atoms with E-state index in [1.807, 2.05) is 10.3 Å². The number of rotatable bonds is 2. The zero-order valence-corrected chi connectivity index (χ0v) is 12.3. The molecule has 0 spiro atoms. The third kappa shape index (κ3) is 2.49. The van der Waals surface area contributed by atoms with Crippen molar-refractivity contribution >= 4 is 28.3 Å². The average Bonchev–Trinajstić information content (AvgIpc) is 3.09. The predicted molar refractivity (Wildman–Crippen MR) is 76.7 cm³/mol. The summed E-state index contributed by atoms with van der Waals surface area (Å²) in [6.45, 7) is 3.62. The van der Waals surface area contributed by atoms with Crippen molar-refractivity contribution in [2.24, 2.45) is 5.92 Å². The molecule has 7 heteroatoms. The molecule has 0 bridgehead atoms. The highest BCUT2D eigenvalue weighted by atomic mass is 32.1. The summed E-state index contributed by atoms with van der Waals surface area (Å²) in [5, 5.41) is 2.99. The SMILES string of the molecule is CN1C[C@H](C(=O)N2CCN(c3nccs3)CC2)CC1=O. The van der Waals surface area contributed by atoms with Crippen LogP contribution in [0.25, 0.3) is 0 Å². The lowest BCUT2D eigenvalue weighted by Crippen LogP contribution is -2.50. The summed E-state index contributed by atoms with van der Waals surface area (Å²) in [7, 11) is 1.76. The van der Waals surface area contributed by atoms with Gasteiger partial charge >= 0.3 is 0 Å². The minimum absolute atomic E-state index is 0.0739. The number of nitrogens with zero attached hydrogens (tertiary/aromatic N) is 4. The van der Waals surface area contributed by atoms with Gasteiger partial charge in [0.05, 0.1) is 5.92 Å². The molecule has 0 radical (unpaired) electrons. The molecule has 3 heterocycles. The van der Waals surface area contributed by atoms with Crippen molar-refractivity contribution in [2.75, 3.05) is 44.7 Å². The van der Waals surface area contributed by atoms with Crippen LogP contribution in [0, 0.1) is 5.92 Å². The number of thiazole rings is 1. The van der Waals surface area contributed by atoms with E-state index in [-0.39, 0.29) is 17.7 Å². The first-order chi connectivity index (χ1) is 9.65. The first-order valence-corrected chi connectivity index (χ1v) is 7.70. The summed E-state index contributed by atoms with van der Waals surface area (Å²) < 4.78 is 0. The van der Waals surface area contributed by atoms with Crippen LogP contribution in [-0.4, -0.2) is 66.4 Å². The van der Waals surface area contributed by atoms with Crippen LogP contribution in [0.1, 0.15) is 6.42 Å². The van der Waals surface area contributed by atoms with E-state index in [9.17, 15) is 9.59 Å². The van der Waals surface area contributed by atoms with Crippen LogP contribution in [0.15, 0.2) is 11.6 Å². The van der Waals surface area contributed by atoms with Crippen molar-refractivity contribution in [1.29, 1.82) is 0 Å². The monoisotopic (exact) mass is 294 g/mol. The van der Waals surface area contributed by atoms with Crippen LogP contribution < -0.4 is 4.90 Å². The molecule has 20 heavy (non-hydrogen) atoms. The highest BCUT2D eigenvalue weighted by molar-refractivity contribution is 7.13. The van der Waals surface area contributed by atoms with Gasteiger partial charge < -0.3 is 14.7 Å². The van der Waals surface area contributed by atoms with Gasteiger partial charge in [-0.3, -0.25) is 9.59 Å². The van der Waals surface area contributed by atoms with Crippen molar-refractivity contribution in [2.45, 2.75) is 6.42 Å².